The fraction of sp³-hybridized carbons (Fsp3) is 0.300. The quantitative estimate of drug-likeness (QED) is 0.556. The average Bonchev–Trinajstić information content (AvgIpc) is 3.01. The van der Waals surface area contributed by atoms with Gasteiger partial charge < -0.3 is 15.0 Å². The number of anilines is 1. The molecule has 1 atom stereocenters. The molecule has 10 heteroatoms. The third-order valence-corrected chi connectivity index (χ3v) is 6.83. The summed E-state index contributed by atoms with van der Waals surface area (Å²) >= 11 is 2.71. The number of fused-ring (bicyclic) bond motifs is 1. The number of aryl methyl sites for hydroxylation is 2. The van der Waals surface area contributed by atoms with Gasteiger partial charge in [0.2, 0.25) is 5.91 Å². The first kappa shape index (κ1) is 22.0. The summed E-state index contributed by atoms with van der Waals surface area (Å²) in [6.07, 6.45) is 0. The number of nitrogens with zero attached hydrogens (tertiary/aromatic N) is 1. The van der Waals surface area contributed by atoms with Crippen molar-refractivity contribution in [1.29, 1.82) is 0 Å². The van der Waals surface area contributed by atoms with Crippen molar-refractivity contribution in [3.05, 3.63) is 56.2 Å². The van der Waals surface area contributed by atoms with Gasteiger partial charge in [0.1, 0.15) is 16.5 Å². The zero-order chi connectivity index (χ0) is 22.0. The molecule has 1 aromatic carbocycles. The number of rotatable bonds is 6. The number of thiophene rings is 1. The van der Waals surface area contributed by atoms with Crippen LogP contribution < -0.4 is 10.9 Å². The Morgan fingerprint density at radius 3 is 2.80 bits per heavy atom. The third-order valence-electron chi connectivity index (χ3n) is 4.57. The molecule has 158 valence electrons. The van der Waals surface area contributed by atoms with Crippen LogP contribution in [0.2, 0.25) is 0 Å². The van der Waals surface area contributed by atoms with Crippen molar-refractivity contribution in [2.45, 2.75) is 31.8 Å². The molecule has 0 bridgehead atoms. The van der Waals surface area contributed by atoms with Crippen LogP contribution in [0.5, 0.6) is 0 Å². The van der Waals surface area contributed by atoms with E-state index in [-0.39, 0.29) is 16.8 Å². The van der Waals surface area contributed by atoms with E-state index in [0.29, 0.717) is 21.8 Å². The third kappa shape index (κ3) is 4.54. The molecule has 3 aromatic rings. The van der Waals surface area contributed by atoms with E-state index in [9.17, 15) is 18.8 Å². The molecule has 2 aromatic heterocycles. The molecule has 2 N–H and O–H groups in total. The molecular formula is C20H20FN3O4S2. The molecule has 1 amide bonds. The molecule has 0 aliphatic carbocycles. The number of carbonyl (C=O) groups excluding carboxylic acids is 2. The molecule has 0 spiro atoms. The van der Waals surface area contributed by atoms with Crippen LogP contribution in [0, 0.1) is 19.7 Å². The molecule has 7 nitrogen and oxygen atoms in total. The molecule has 0 saturated heterocycles. The van der Waals surface area contributed by atoms with Gasteiger partial charge in [-0.3, -0.25) is 9.59 Å². The number of halogens is 1. The Balaban J connectivity index is 1.69. The summed E-state index contributed by atoms with van der Waals surface area (Å²) < 4.78 is 18.6. The van der Waals surface area contributed by atoms with Gasteiger partial charge in [-0.05, 0) is 44.5 Å². The number of hydrogen-bond acceptors (Lipinski definition) is 7. The predicted octanol–water partition coefficient (Wildman–Crippen LogP) is 3.79. The van der Waals surface area contributed by atoms with Crippen molar-refractivity contribution in [2.75, 3.05) is 12.4 Å². The SMILES string of the molecule is COC(=O)c1ccc(F)c(NC(=O)C(C)SCc2nc3sc(C)c(C)c3c(=O)[nH]2)c1. The Kier molecular flexibility index (Phi) is 6.57. The van der Waals surface area contributed by atoms with E-state index in [0.717, 1.165) is 16.5 Å². The van der Waals surface area contributed by atoms with Gasteiger partial charge in [0.25, 0.3) is 5.56 Å². The largest absolute Gasteiger partial charge is 0.465 e. The zero-order valence-electron chi connectivity index (χ0n) is 16.8. The summed E-state index contributed by atoms with van der Waals surface area (Å²) in [6.45, 7) is 5.49. The van der Waals surface area contributed by atoms with Crippen LogP contribution in [-0.4, -0.2) is 34.2 Å². The number of methoxy groups -OCH3 is 1. The first-order chi connectivity index (χ1) is 14.2. The molecule has 0 radical (unpaired) electrons. The van der Waals surface area contributed by atoms with Crippen LogP contribution in [0.25, 0.3) is 10.2 Å². The lowest BCUT2D eigenvalue weighted by molar-refractivity contribution is -0.115. The second-order valence-electron chi connectivity index (χ2n) is 6.60. The van der Waals surface area contributed by atoms with E-state index in [1.165, 1.54) is 42.3 Å². The van der Waals surface area contributed by atoms with Crippen molar-refractivity contribution < 1.29 is 18.7 Å². The van der Waals surface area contributed by atoms with E-state index in [1.54, 1.807) is 6.92 Å². The highest BCUT2D eigenvalue weighted by atomic mass is 32.2. The Hall–Kier alpha value is -2.72. The number of H-pyrrole nitrogens is 1. The summed E-state index contributed by atoms with van der Waals surface area (Å²) in [7, 11) is 1.22. The van der Waals surface area contributed by atoms with Crippen LogP contribution in [0.1, 0.15) is 33.5 Å². The number of thioether (sulfide) groups is 1. The lowest BCUT2D eigenvalue weighted by atomic mass is 10.2. The number of aromatic nitrogens is 2. The lowest BCUT2D eigenvalue weighted by Crippen LogP contribution is -2.23. The maximum absolute atomic E-state index is 14.0. The normalized spacial score (nSPS) is 12.0. The summed E-state index contributed by atoms with van der Waals surface area (Å²) in [5.74, 6) is -0.949. The van der Waals surface area contributed by atoms with Crippen LogP contribution in [0.15, 0.2) is 23.0 Å². The van der Waals surface area contributed by atoms with E-state index < -0.39 is 22.9 Å². The fourth-order valence-electron chi connectivity index (χ4n) is 2.75. The summed E-state index contributed by atoms with van der Waals surface area (Å²) in [5, 5.41) is 2.52. The smallest absolute Gasteiger partial charge is 0.337 e. The van der Waals surface area contributed by atoms with Gasteiger partial charge in [0.05, 0.1) is 34.7 Å². The number of aromatic amines is 1. The van der Waals surface area contributed by atoms with Crippen molar-refractivity contribution in [3.8, 4) is 0 Å². The van der Waals surface area contributed by atoms with Gasteiger partial charge in [0, 0.05) is 4.88 Å². The van der Waals surface area contributed by atoms with Gasteiger partial charge in [0.15, 0.2) is 0 Å². The zero-order valence-corrected chi connectivity index (χ0v) is 18.4. The van der Waals surface area contributed by atoms with E-state index in [4.69, 9.17) is 0 Å². The second-order valence-corrected chi connectivity index (χ2v) is 9.14. The van der Waals surface area contributed by atoms with E-state index >= 15 is 0 Å². The average molecular weight is 450 g/mol. The van der Waals surface area contributed by atoms with Crippen molar-refractivity contribution >= 4 is 50.9 Å². The molecule has 0 fully saturated rings. The second kappa shape index (κ2) is 8.97. The van der Waals surface area contributed by atoms with Gasteiger partial charge >= 0.3 is 5.97 Å². The number of carbonyl (C=O) groups is 2. The first-order valence-corrected chi connectivity index (χ1v) is 10.9. The summed E-state index contributed by atoms with van der Waals surface area (Å²) in [6, 6.07) is 3.60. The predicted molar refractivity (Wildman–Crippen MR) is 117 cm³/mol. The number of benzene rings is 1. The maximum atomic E-state index is 14.0. The molecule has 30 heavy (non-hydrogen) atoms. The number of nitrogens with one attached hydrogen (secondary N) is 2. The number of ether oxygens (including phenoxy) is 1. The molecule has 3 rings (SSSR count). The van der Waals surface area contributed by atoms with Gasteiger partial charge in [-0.25, -0.2) is 14.2 Å². The monoisotopic (exact) mass is 449 g/mol. The Bertz CT molecular complexity index is 1190. The summed E-state index contributed by atoms with van der Waals surface area (Å²) in [4.78, 5) is 45.4. The van der Waals surface area contributed by atoms with Gasteiger partial charge in [-0.2, -0.15) is 0 Å². The minimum Gasteiger partial charge on any atom is -0.465 e. The molecule has 0 aliphatic rings. The van der Waals surface area contributed by atoms with Gasteiger partial charge in [-0.15, -0.1) is 23.1 Å². The number of amides is 1. The van der Waals surface area contributed by atoms with Crippen molar-refractivity contribution in [2.24, 2.45) is 0 Å². The topological polar surface area (TPSA) is 101 Å². The van der Waals surface area contributed by atoms with Crippen LogP contribution in [0.3, 0.4) is 0 Å². The van der Waals surface area contributed by atoms with Crippen LogP contribution in [-0.2, 0) is 15.3 Å². The van der Waals surface area contributed by atoms with E-state index in [2.05, 4.69) is 20.0 Å². The van der Waals surface area contributed by atoms with Crippen LogP contribution in [0.4, 0.5) is 10.1 Å². The Labute approximate surface area is 180 Å². The molecule has 0 saturated carbocycles. The van der Waals surface area contributed by atoms with Crippen molar-refractivity contribution in [1.82, 2.24) is 9.97 Å². The molecule has 2 heterocycles. The highest BCUT2D eigenvalue weighted by Gasteiger charge is 2.18. The van der Waals surface area contributed by atoms with Gasteiger partial charge in [-0.1, -0.05) is 0 Å². The molecule has 0 aliphatic heterocycles. The minimum atomic E-state index is -0.659. The number of esters is 1. The first-order valence-electron chi connectivity index (χ1n) is 9.00. The summed E-state index contributed by atoms with van der Waals surface area (Å²) in [5.41, 5.74) is 0.752. The Morgan fingerprint density at radius 2 is 2.10 bits per heavy atom. The highest BCUT2D eigenvalue weighted by molar-refractivity contribution is 7.99. The Morgan fingerprint density at radius 1 is 1.37 bits per heavy atom. The maximum Gasteiger partial charge on any atom is 0.337 e. The fourth-order valence-corrected chi connectivity index (χ4v) is 4.55. The highest BCUT2D eigenvalue weighted by Crippen LogP contribution is 2.27. The van der Waals surface area contributed by atoms with E-state index in [1.807, 2.05) is 13.8 Å². The number of hydrogen-bond donors (Lipinski definition) is 2. The molecular weight excluding hydrogens is 429 g/mol. The standard InChI is InChI=1S/C20H20FN3O4S2/c1-9-10(2)30-19-16(9)18(26)23-15(24-19)8-29-11(3)17(25)22-14-7-12(20(27)28-4)5-6-13(14)21/h5-7,11H,8H2,1-4H3,(H,22,25)(H,23,24,26). The van der Waals surface area contributed by atoms with Crippen LogP contribution >= 0.6 is 23.1 Å². The molecule has 1 unspecified atom stereocenters. The lowest BCUT2D eigenvalue weighted by Gasteiger charge is -2.13. The van der Waals surface area contributed by atoms with Crippen molar-refractivity contribution in [3.63, 3.8) is 0 Å². The minimum absolute atomic E-state index is 0.104.